The summed E-state index contributed by atoms with van der Waals surface area (Å²) in [6.45, 7) is 3.93. The highest BCUT2D eigenvalue weighted by molar-refractivity contribution is 6.30. The quantitative estimate of drug-likeness (QED) is 0.689. The van der Waals surface area contributed by atoms with E-state index in [1.165, 1.54) is 0 Å². The zero-order valence-electron chi connectivity index (χ0n) is 6.43. The summed E-state index contributed by atoms with van der Waals surface area (Å²) in [6, 6.07) is 1.57. The molecule has 3 nitrogen and oxygen atoms in total. The second kappa shape index (κ2) is 3.97. The van der Waals surface area contributed by atoms with E-state index in [-0.39, 0.29) is 5.91 Å². The van der Waals surface area contributed by atoms with Gasteiger partial charge in [-0.3, -0.25) is 4.79 Å². The molecule has 0 unspecified atom stereocenters. The second-order valence-electron chi connectivity index (χ2n) is 2.23. The van der Waals surface area contributed by atoms with Crippen molar-refractivity contribution in [3.63, 3.8) is 0 Å². The Hall–Kier alpha value is -1.22. The smallest absolute Gasteiger partial charge is 0.267 e. The van der Waals surface area contributed by atoms with Crippen LogP contribution in [-0.4, -0.2) is 17.4 Å². The Bertz CT molecular complexity index is 293. The van der Waals surface area contributed by atoms with Crippen LogP contribution in [0.3, 0.4) is 0 Å². The highest BCUT2D eigenvalue weighted by Crippen LogP contribution is 2.08. The molecule has 1 rings (SSSR count). The maximum absolute atomic E-state index is 11.2. The van der Waals surface area contributed by atoms with Crippen LogP contribution in [0, 0.1) is 0 Å². The van der Waals surface area contributed by atoms with Gasteiger partial charge in [0.25, 0.3) is 5.91 Å². The number of halogens is 1. The summed E-state index contributed by atoms with van der Waals surface area (Å²) in [5.41, 5.74) is 0.460. The Morgan fingerprint density at radius 2 is 2.58 bits per heavy atom. The van der Waals surface area contributed by atoms with E-state index in [0.717, 1.165) is 0 Å². The number of amides is 1. The summed E-state index contributed by atoms with van der Waals surface area (Å²) in [7, 11) is 0. The van der Waals surface area contributed by atoms with Crippen LogP contribution in [0.1, 0.15) is 10.5 Å². The largest absolute Gasteiger partial charge is 0.356 e. The summed E-state index contributed by atoms with van der Waals surface area (Å²) in [5.74, 6) is -0.179. The van der Waals surface area contributed by atoms with Gasteiger partial charge >= 0.3 is 0 Å². The molecular weight excluding hydrogens is 176 g/mol. The Morgan fingerprint density at radius 1 is 1.83 bits per heavy atom. The van der Waals surface area contributed by atoms with Gasteiger partial charge in [-0.2, -0.15) is 0 Å². The fourth-order valence-corrected chi connectivity index (χ4v) is 0.923. The fourth-order valence-electron chi connectivity index (χ4n) is 0.759. The summed E-state index contributed by atoms with van der Waals surface area (Å²) in [4.78, 5) is 13.9. The number of aromatic amines is 1. The Kier molecular flexibility index (Phi) is 2.94. The second-order valence-corrected chi connectivity index (χ2v) is 2.67. The molecule has 4 heteroatoms. The van der Waals surface area contributed by atoms with E-state index >= 15 is 0 Å². The highest BCUT2D eigenvalue weighted by atomic mass is 35.5. The van der Waals surface area contributed by atoms with Crippen LogP contribution < -0.4 is 5.32 Å². The Balaban J connectivity index is 2.59. The predicted molar refractivity (Wildman–Crippen MR) is 48.3 cm³/mol. The number of H-pyrrole nitrogens is 1. The van der Waals surface area contributed by atoms with E-state index in [2.05, 4.69) is 16.9 Å². The van der Waals surface area contributed by atoms with Crippen molar-refractivity contribution in [2.45, 2.75) is 0 Å². The molecule has 0 aliphatic rings. The van der Waals surface area contributed by atoms with Gasteiger partial charge in [-0.25, -0.2) is 0 Å². The van der Waals surface area contributed by atoms with Crippen molar-refractivity contribution in [1.82, 2.24) is 10.3 Å². The fraction of sp³-hybridized carbons (Fsp3) is 0.125. The standard InChI is InChI=1S/C8H9ClN2O/c1-2-3-10-8(12)7-4-6(9)5-11-7/h2,4-5,11H,1,3H2,(H,10,12). The van der Waals surface area contributed by atoms with E-state index in [9.17, 15) is 4.79 Å². The summed E-state index contributed by atoms with van der Waals surface area (Å²) < 4.78 is 0. The molecule has 2 N–H and O–H groups in total. The maximum Gasteiger partial charge on any atom is 0.267 e. The number of rotatable bonds is 3. The lowest BCUT2D eigenvalue weighted by molar-refractivity contribution is 0.0953. The van der Waals surface area contributed by atoms with Crippen LogP contribution in [-0.2, 0) is 0 Å². The van der Waals surface area contributed by atoms with E-state index in [0.29, 0.717) is 17.3 Å². The molecule has 0 aliphatic heterocycles. The first-order chi connectivity index (χ1) is 5.74. The molecule has 1 aromatic heterocycles. The van der Waals surface area contributed by atoms with Gasteiger partial charge in [-0.1, -0.05) is 17.7 Å². The average Bonchev–Trinajstić information content (AvgIpc) is 2.47. The van der Waals surface area contributed by atoms with E-state index in [1.54, 1.807) is 18.3 Å². The maximum atomic E-state index is 11.2. The number of hydrogen-bond acceptors (Lipinski definition) is 1. The lowest BCUT2D eigenvalue weighted by Gasteiger charge is -1.97. The first-order valence-electron chi connectivity index (χ1n) is 3.47. The van der Waals surface area contributed by atoms with Gasteiger partial charge in [-0.15, -0.1) is 6.58 Å². The van der Waals surface area contributed by atoms with Crippen LogP contribution in [0.15, 0.2) is 24.9 Å². The molecule has 0 spiro atoms. The average molecular weight is 185 g/mol. The van der Waals surface area contributed by atoms with Crippen molar-refractivity contribution < 1.29 is 4.79 Å². The molecule has 0 aromatic carbocycles. The van der Waals surface area contributed by atoms with Crippen molar-refractivity contribution in [2.75, 3.05) is 6.54 Å². The molecule has 0 bridgehead atoms. The molecule has 1 heterocycles. The SMILES string of the molecule is C=CCNC(=O)c1cc(Cl)c[nH]1. The number of hydrogen-bond donors (Lipinski definition) is 2. The van der Waals surface area contributed by atoms with Crippen molar-refractivity contribution >= 4 is 17.5 Å². The van der Waals surface area contributed by atoms with Crippen molar-refractivity contribution in [2.24, 2.45) is 0 Å². The van der Waals surface area contributed by atoms with Crippen molar-refractivity contribution in [3.8, 4) is 0 Å². The van der Waals surface area contributed by atoms with Crippen LogP contribution in [0.5, 0.6) is 0 Å². The van der Waals surface area contributed by atoms with Crippen LogP contribution >= 0.6 is 11.6 Å². The zero-order chi connectivity index (χ0) is 8.97. The van der Waals surface area contributed by atoms with Crippen molar-refractivity contribution in [3.05, 3.63) is 35.6 Å². The van der Waals surface area contributed by atoms with E-state index < -0.39 is 0 Å². The number of carbonyl (C=O) groups is 1. The predicted octanol–water partition coefficient (Wildman–Crippen LogP) is 1.58. The molecule has 0 saturated heterocycles. The molecule has 12 heavy (non-hydrogen) atoms. The summed E-state index contributed by atoms with van der Waals surface area (Å²) in [6.07, 6.45) is 3.17. The van der Waals surface area contributed by atoms with Gasteiger partial charge < -0.3 is 10.3 Å². The molecule has 0 fully saturated rings. The van der Waals surface area contributed by atoms with Gasteiger partial charge in [0, 0.05) is 12.7 Å². The van der Waals surface area contributed by atoms with Gasteiger partial charge in [-0.05, 0) is 6.07 Å². The van der Waals surface area contributed by atoms with E-state index in [1.807, 2.05) is 0 Å². The number of nitrogens with one attached hydrogen (secondary N) is 2. The third-order valence-corrected chi connectivity index (χ3v) is 1.52. The Morgan fingerprint density at radius 3 is 3.08 bits per heavy atom. The summed E-state index contributed by atoms with van der Waals surface area (Å²) >= 11 is 5.61. The monoisotopic (exact) mass is 184 g/mol. The minimum atomic E-state index is -0.179. The molecule has 1 aromatic rings. The first kappa shape index (κ1) is 8.87. The minimum absolute atomic E-state index is 0.179. The van der Waals surface area contributed by atoms with Crippen molar-refractivity contribution in [1.29, 1.82) is 0 Å². The van der Waals surface area contributed by atoms with E-state index in [4.69, 9.17) is 11.6 Å². The normalized spacial score (nSPS) is 9.42. The van der Waals surface area contributed by atoms with Gasteiger partial charge in [0.15, 0.2) is 0 Å². The molecule has 0 saturated carbocycles. The molecule has 0 radical (unpaired) electrons. The lowest BCUT2D eigenvalue weighted by atomic mass is 10.4. The molecule has 0 atom stereocenters. The van der Waals surface area contributed by atoms with Crippen LogP contribution in [0.4, 0.5) is 0 Å². The summed E-state index contributed by atoms with van der Waals surface area (Å²) in [5, 5.41) is 3.14. The highest BCUT2D eigenvalue weighted by Gasteiger charge is 2.05. The minimum Gasteiger partial charge on any atom is -0.356 e. The first-order valence-corrected chi connectivity index (χ1v) is 3.85. The number of carbonyl (C=O) groups excluding carboxylic acids is 1. The van der Waals surface area contributed by atoms with Crippen LogP contribution in [0.25, 0.3) is 0 Å². The zero-order valence-corrected chi connectivity index (χ0v) is 7.19. The van der Waals surface area contributed by atoms with Crippen LogP contribution in [0.2, 0.25) is 5.02 Å². The molecule has 0 aliphatic carbocycles. The number of aromatic nitrogens is 1. The third kappa shape index (κ3) is 2.13. The molecule has 64 valence electrons. The van der Waals surface area contributed by atoms with Gasteiger partial charge in [0.2, 0.25) is 0 Å². The van der Waals surface area contributed by atoms with Gasteiger partial charge in [0.05, 0.1) is 5.02 Å². The Labute approximate surface area is 75.4 Å². The topological polar surface area (TPSA) is 44.9 Å². The lowest BCUT2D eigenvalue weighted by Crippen LogP contribution is -2.23. The third-order valence-electron chi connectivity index (χ3n) is 1.30. The molecular formula is C8H9ClN2O. The van der Waals surface area contributed by atoms with Gasteiger partial charge in [0.1, 0.15) is 5.69 Å². The molecule has 1 amide bonds.